The second-order valence-corrected chi connectivity index (χ2v) is 15.2. The van der Waals surface area contributed by atoms with Crippen molar-refractivity contribution >= 4 is 139 Å². The molecule has 0 radical (unpaired) electrons. The fraction of sp³-hybridized carbons (Fsp3) is 0.143. The van der Waals surface area contributed by atoms with Gasteiger partial charge >= 0.3 is 0 Å². The zero-order chi connectivity index (χ0) is 45.1. The summed E-state index contributed by atoms with van der Waals surface area (Å²) in [5.74, 6) is -4.02. The molecule has 0 aliphatic heterocycles. The Hall–Kier alpha value is -5.74. The Morgan fingerprint density at radius 1 is 0.484 bits per heavy atom. The van der Waals surface area contributed by atoms with Crippen LogP contribution >= 0.6 is 69.6 Å². The van der Waals surface area contributed by atoms with Crippen LogP contribution in [0.25, 0.3) is 0 Å². The maximum absolute atomic E-state index is 13.3. The van der Waals surface area contributed by atoms with E-state index in [-0.39, 0.29) is 65.7 Å². The number of para-hydroxylation sites is 2. The van der Waals surface area contributed by atoms with Gasteiger partial charge in [-0.15, -0.1) is 23.2 Å². The summed E-state index contributed by atoms with van der Waals surface area (Å²) < 4.78 is 0. The molecule has 4 amide bonds. The lowest BCUT2D eigenvalue weighted by Gasteiger charge is -2.15. The largest absolute Gasteiger partial charge is 0.322 e. The zero-order valence-electron chi connectivity index (χ0n) is 32.3. The van der Waals surface area contributed by atoms with E-state index in [0.29, 0.717) is 22.5 Å². The van der Waals surface area contributed by atoms with Crippen molar-refractivity contribution < 1.29 is 28.8 Å². The highest BCUT2D eigenvalue weighted by Crippen LogP contribution is 2.34. The van der Waals surface area contributed by atoms with Gasteiger partial charge in [-0.1, -0.05) is 82.8 Å². The van der Waals surface area contributed by atoms with Crippen LogP contribution in [-0.2, 0) is 30.9 Å². The maximum atomic E-state index is 13.3. The van der Waals surface area contributed by atoms with Gasteiger partial charge in [0, 0.05) is 23.1 Å². The molecule has 0 fully saturated rings. The summed E-state index contributed by atoms with van der Waals surface area (Å²) in [5.41, 5.74) is 2.55. The number of amides is 4. The summed E-state index contributed by atoms with van der Waals surface area (Å²) in [5, 5.41) is 26.3. The lowest BCUT2D eigenvalue weighted by molar-refractivity contribution is -0.127. The monoisotopic (exact) mass is 954 g/mol. The first-order valence-electron chi connectivity index (χ1n) is 18.0. The molecule has 0 aliphatic rings. The van der Waals surface area contributed by atoms with Crippen LogP contribution in [0.15, 0.2) is 118 Å². The molecule has 5 aromatic carbocycles. The minimum Gasteiger partial charge on any atom is -0.322 e. The van der Waals surface area contributed by atoms with Gasteiger partial charge in [-0.2, -0.15) is 20.5 Å². The van der Waals surface area contributed by atoms with Gasteiger partial charge in [-0.3, -0.25) is 28.8 Å². The van der Waals surface area contributed by atoms with Crippen molar-refractivity contribution in [2.24, 2.45) is 20.5 Å². The van der Waals surface area contributed by atoms with Crippen molar-refractivity contribution in [1.29, 1.82) is 0 Å². The summed E-state index contributed by atoms with van der Waals surface area (Å²) in [6.45, 7) is 2.25. The average molecular weight is 957 g/mol. The van der Waals surface area contributed by atoms with Crippen LogP contribution in [0.1, 0.15) is 45.7 Å². The molecule has 5 aromatic rings. The van der Waals surface area contributed by atoms with Crippen molar-refractivity contribution in [3.63, 3.8) is 0 Å². The topological polar surface area (TPSA) is 200 Å². The van der Waals surface area contributed by atoms with E-state index >= 15 is 0 Å². The Bertz CT molecular complexity index is 2460. The Kier molecular flexibility index (Phi) is 16.7. The number of ketones is 2. The molecule has 0 spiro atoms. The number of nitrogens with one attached hydrogen (secondary N) is 4. The maximum Gasteiger partial charge on any atom is 0.258 e. The normalized spacial score (nSPS) is 12.1. The van der Waals surface area contributed by atoms with E-state index in [1.165, 1.54) is 48.5 Å². The number of rotatable bonds is 16. The van der Waals surface area contributed by atoms with Crippen LogP contribution in [0.3, 0.4) is 0 Å². The molecule has 4 N–H and O–H groups in total. The first kappa shape index (κ1) is 47.3. The van der Waals surface area contributed by atoms with Crippen LogP contribution in [0, 0.1) is 0 Å². The molecule has 0 saturated heterocycles. The van der Waals surface area contributed by atoms with E-state index in [4.69, 9.17) is 69.6 Å². The molecule has 2 unspecified atom stereocenters. The number of hydrogen-bond acceptors (Lipinski definition) is 10. The molecule has 62 heavy (non-hydrogen) atoms. The summed E-state index contributed by atoms with van der Waals surface area (Å²) in [4.78, 5) is 77.8. The van der Waals surface area contributed by atoms with Gasteiger partial charge in [0.1, 0.15) is 0 Å². The number of carbonyl (C=O) groups is 6. The van der Waals surface area contributed by atoms with Crippen LogP contribution in [0.5, 0.6) is 0 Å². The van der Waals surface area contributed by atoms with Crippen LogP contribution in [0.4, 0.5) is 34.1 Å². The van der Waals surface area contributed by atoms with Crippen LogP contribution < -0.4 is 21.3 Å². The molecule has 0 bridgehead atoms. The van der Waals surface area contributed by atoms with Crippen molar-refractivity contribution in [2.45, 2.75) is 37.7 Å². The number of Topliss-reactive ketones (excluding diaryl/α,β-unsaturated/α-hetero) is 2. The average Bonchev–Trinajstić information content (AvgIpc) is 3.23. The molecule has 14 nitrogen and oxygen atoms in total. The lowest BCUT2D eigenvalue weighted by Crippen LogP contribution is -2.32. The predicted molar refractivity (Wildman–Crippen MR) is 242 cm³/mol. The first-order chi connectivity index (χ1) is 29.6. The van der Waals surface area contributed by atoms with E-state index in [1.807, 2.05) is 0 Å². The highest BCUT2D eigenvalue weighted by atomic mass is 35.5. The minimum absolute atomic E-state index is 0.0467. The molecular weight excluding hydrogens is 925 g/mol. The fourth-order valence-electron chi connectivity index (χ4n) is 5.42. The Labute approximate surface area is 384 Å². The lowest BCUT2D eigenvalue weighted by atomic mass is 10.1. The summed E-state index contributed by atoms with van der Waals surface area (Å²) in [7, 11) is 0. The molecule has 5 rings (SSSR count). The van der Waals surface area contributed by atoms with Crippen molar-refractivity contribution in [1.82, 2.24) is 0 Å². The van der Waals surface area contributed by atoms with Crippen LogP contribution in [0.2, 0.25) is 20.1 Å². The molecule has 0 aliphatic carbocycles. The molecule has 0 aromatic heterocycles. The van der Waals surface area contributed by atoms with Gasteiger partial charge in [0.15, 0.2) is 11.6 Å². The molecule has 0 heterocycles. The number of nitrogens with zero attached hydrogens (tertiary/aromatic N) is 4. The third-order valence-electron chi connectivity index (χ3n) is 8.62. The van der Waals surface area contributed by atoms with E-state index < -0.39 is 47.3 Å². The number of hydrogen-bond donors (Lipinski definition) is 4. The van der Waals surface area contributed by atoms with Gasteiger partial charge < -0.3 is 21.3 Å². The Balaban J connectivity index is 1.26. The van der Waals surface area contributed by atoms with Gasteiger partial charge in [0.25, 0.3) is 23.6 Å². The molecule has 318 valence electrons. The standard InChI is InChI=1S/C42H32Cl6N8O6/c1-21(57)37(55-53-25-11-13-29(45)27(15-25)39(59)49-33-9-5-3-7-23(33)19-43)41(61)51-35-17-32(48)36(18-31(35)47)52-42(62)38(22(2)58)56-54-26-12-14-30(46)28(16-26)40(60)50-34-10-6-4-8-24(34)20-44/h3-18,37-38H,19-20H2,1-2H3,(H,49,59)(H,50,60)(H,51,61)(H,52,62). The smallest absolute Gasteiger partial charge is 0.258 e. The third kappa shape index (κ3) is 12.2. The summed E-state index contributed by atoms with van der Waals surface area (Å²) >= 11 is 37.5. The predicted octanol–water partition coefficient (Wildman–Crippen LogP) is 11.6. The Morgan fingerprint density at radius 2 is 0.855 bits per heavy atom. The highest BCUT2D eigenvalue weighted by molar-refractivity contribution is 6.38. The van der Waals surface area contributed by atoms with Crippen molar-refractivity contribution in [3.8, 4) is 0 Å². The molecular formula is C42H32Cl6N8O6. The second-order valence-electron chi connectivity index (χ2n) is 13.1. The fourth-order valence-corrected chi connectivity index (χ4v) is 6.72. The van der Waals surface area contributed by atoms with Crippen LogP contribution in [-0.4, -0.2) is 47.3 Å². The zero-order valence-corrected chi connectivity index (χ0v) is 36.8. The SMILES string of the molecule is CC(=O)C(N=Nc1ccc(Cl)c(C(=O)Nc2ccccc2CCl)c1)C(=O)Nc1cc(Cl)c(NC(=O)C(N=Nc2ccc(Cl)c(C(=O)Nc3ccccc3CCl)c2)C(C)=O)cc1Cl. The molecule has 2 atom stereocenters. The quantitative estimate of drug-likeness (QED) is 0.0431. The number of alkyl halides is 2. The molecule has 0 saturated carbocycles. The van der Waals surface area contributed by atoms with Gasteiger partial charge in [-0.25, -0.2) is 0 Å². The van der Waals surface area contributed by atoms with E-state index in [9.17, 15) is 28.8 Å². The van der Waals surface area contributed by atoms with Gasteiger partial charge in [0.2, 0.25) is 12.1 Å². The third-order valence-corrected chi connectivity index (χ3v) is 10.5. The van der Waals surface area contributed by atoms with Crippen molar-refractivity contribution in [3.05, 3.63) is 139 Å². The minimum atomic E-state index is -1.66. The van der Waals surface area contributed by atoms with E-state index in [1.54, 1.807) is 48.5 Å². The van der Waals surface area contributed by atoms with E-state index in [0.717, 1.165) is 13.8 Å². The number of anilines is 4. The van der Waals surface area contributed by atoms with E-state index in [2.05, 4.69) is 41.7 Å². The van der Waals surface area contributed by atoms with Gasteiger partial charge in [0.05, 0.1) is 54.0 Å². The number of benzene rings is 5. The van der Waals surface area contributed by atoms with Gasteiger partial charge in [-0.05, 0) is 85.6 Å². The first-order valence-corrected chi connectivity index (χ1v) is 20.6. The molecule has 20 heteroatoms. The summed E-state index contributed by atoms with van der Waals surface area (Å²) in [6.07, 6.45) is 0. The number of halogens is 6. The van der Waals surface area contributed by atoms with Crippen molar-refractivity contribution in [2.75, 3.05) is 21.3 Å². The highest BCUT2D eigenvalue weighted by Gasteiger charge is 2.27. The second kappa shape index (κ2) is 21.9. The Morgan fingerprint density at radius 3 is 1.21 bits per heavy atom. The number of carbonyl (C=O) groups excluding carboxylic acids is 6. The summed E-state index contributed by atoms with van der Waals surface area (Å²) in [6, 6.07) is 21.3. The number of azo groups is 2.